The van der Waals surface area contributed by atoms with Crippen LogP contribution in [-0.4, -0.2) is 33.4 Å². The summed E-state index contributed by atoms with van der Waals surface area (Å²) in [5.41, 5.74) is 0.264. The van der Waals surface area contributed by atoms with Crippen LogP contribution in [0.3, 0.4) is 0 Å². The molecule has 5 nitrogen and oxygen atoms in total. The monoisotopic (exact) mass is 210 g/mol. The zero-order chi connectivity index (χ0) is 11.4. The summed E-state index contributed by atoms with van der Waals surface area (Å²) >= 11 is 0. The van der Waals surface area contributed by atoms with Crippen LogP contribution in [0.1, 0.15) is 11.5 Å². The highest BCUT2D eigenvalue weighted by atomic mass is 16.4. The topological polar surface area (TPSA) is 94.8 Å². The Morgan fingerprint density at radius 3 is 1.93 bits per heavy atom. The SMILES string of the molecule is O=C(O)[C@H](O)[C@@H](C(=O)O)c1ccccc1. The minimum atomic E-state index is -1.94. The highest BCUT2D eigenvalue weighted by Crippen LogP contribution is 2.20. The van der Waals surface area contributed by atoms with Crippen LogP contribution in [0.25, 0.3) is 0 Å². The number of hydrogen-bond donors (Lipinski definition) is 3. The van der Waals surface area contributed by atoms with Gasteiger partial charge in [-0.3, -0.25) is 4.79 Å². The first-order valence-electron chi connectivity index (χ1n) is 4.22. The molecule has 2 atom stereocenters. The summed E-state index contributed by atoms with van der Waals surface area (Å²) in [5.74, 6) is -4.36. The Labute approximate surface area is 85.6 Å². The summed E-state index contributed by atoms with van der Waals surface area (Å²) < 4.78 is 0. The molecule has 0 aliphatic heterocycles. The van der Waals surface area contributed by atoms with Gasteiger partial charge in [-0.05, 0) is 5.56 Å². The van der Waals surface area contributed by atoms with Crippen molar-refractivity contribution < 1.29 is 24.9 Å². The van der Waals surface area contributed by atoms with Crippen molar-refractivity contribution in [3.8, 4) is 0 Å². The summed E-state index contributed by atoms with van der Waals surface area (Å²) in [6, 6.07) is 7.77. The molecule has 0 radical (unpaired) electrons. The van der Waals surface area contributed by atoms with E-state index in [0.717, 1.165) is 0 Å². The van der Waals surface area contributed by atoms with E-state index in [2.05, 4.69) is 0 Å². The molecule has 0 saturated heterocycles. The maximum atomic E-state index is 10.8. The third-order valence-electron chi connectivity index (χ3n) is 1.99. The van der Waals surface area contributed by atoms with Gasteiger partial charge < -0.3 is 15.3 Å². The molecule has 0 saturated carbocycles. The van der Waals surface area contributed by atoms with Gasteiger partial charge in [0.1, 0.15) is 5.92 Å². The Kier molecular flexibility index (Phi) is 3.41. The number of benzene rings is 1. The maximum Gasteiger partial charge on any atom is 0.333 e. The Balaban J connectivity index is 3.04. The van der Waals surface area contributed by atoms with Crippen molar-refractivity contribution in [2.45, 2.75) is 12.0 Å². The molecule has 1 aromatic carbocycles. The van der Waals surface area contributed by atoms with E-state index in [9.17, 15) is 14.7 Å². The number of carbonyl (C=O) groups is 2. The largest absolute Gasteiger partial charge is 0.481 e. The van der Waals surface area contributed by atoms with E-state index >= 15 is 0 Å². The van der Waals surface area contributed by atoms with Crippen LogP contribution in [0.15, 0.2) is 30.3 Å². The van der Waals surface area contributed by atoms with Crippen LogP contribution in [0.2, 0.25) is 0 Å². The molecule has 1 rings (SSSR count). The lowest BCUT2D eigenvalue weighted by Crippen LogP contribution is -2.32. The molecule has 0 aromatic heterocycles. The third kappa shape index (κ3) is 2.54. The maximum absolute atomic E-state index is 10.8. The molecule has 0 unspecified atom stereocenters. The van der Waals surface area contributed by atoms with Crippen molar-refractivity contribution in [3.63, 3.8) is 0 Å². The van der Waals surface area contributed by atoms with Crippen molar-refractivity contribution in [3.05, 3.63) is 35.9 Å². The zero-order valence-corrected chi connectivity index (χ0v) is 7.70. The fourth-order valence-electron chi connectivity index (χ4n) is 1.26. The first-order valence-corrected chi connectivity index (χ1v) is 4.22. The minimum Gasteiger partial charge on any atom is -0.481 e. The quantitative estimate of drug-likeness (QED) is 0.664. The van der Waals surface area contributed by atoms with Gasteiger partial charge >= 0.3 is 11.9 Å². The van der Waals surface area contributed by atoms with Gasteiger partial charge in [-0.2, -0.15) is 0 Å². The number of carboxylic acids is 2. The molecule has 1 aromatic rings. The van der Waals surface area contributed by atoms with E-state index in [1.807, 2.05) is 0 Å². The van der Waals surface area contributed by atoms with E-state index < -0.39 is 24.0 Å². The van der Waals surface area contributed by atoms with Crippen LogP contribution in [0.5, 0.6) is 0 Å². The van der Waals surface area contributed by atoms with E-state index in [1.54, 1.807) is 18.2 Å². The standard InChI is InChI=1S/C10H10O5/c11-8(10(14)15)7(9(12)13)6-4-2-1-3-5-6/h1-5,7-8,11H,(H,12,13)(H,14,15)/t7-,8+/m0/s1. The third-order valence-corrected chi connectivity index (χ3v) is 1.99. The number of aliphatic carboxylic acids is 2. The molecule has 0 aliphatic rings. The zero-order valence-electron chi connectivity index (χ0n) is 7.70. The van der Waals surface area contributed by atoms with Crippen LogP contribution < -0.4 is 0 Å². The van der Waals surface area contributed by atoms with Gasteiger partial charge in [0.25, 0.3) is 0 Å². The molecule has 3 N–H and O–H groups in total. The predicted octanol–water partition coefficient (Wildman–Crippen LogP) is 0.300. The molecule has 80 valence electrons. The Hall–Kier alpha value is -1.88. The average Bonchev–Trinajstić information content (AvgIpc) is 2.18. The molecular weight excluding hydrogens is 200 g/mol. The van der Waals surface area contributed by atoms with Gasteiger partial charge in [-0.15, -0.1) is 0 Å². The van der Waals surface area contributed by atoms with Gasteiger partial charge in [-0.1, -0.05) is 30.3 Å². The second-order valence-electron chi connectivity index (χ2n) is 3.01. The van der Waals surface area contributed by atoms with E-state index in [0.29, 0.717) is 0 Å². The molecule has 0 spiro atoms. The van der Waals surface area contributed by atoms with E-state index in [-0.39, 0.29) is 5.56 Å². The fourth-order valence-corrected chi connectivity index (χ4v) is 1.26. The summed E-state index contributed by atoms with van der Waals surface area (Å²) in [4.78, 5) is 21.3. The number of aliphatic hydroxyl groups is 1. The van der Waals surface area contributed by atoms with Gasteiger partial charge in [0.05, 0.1) is 0 Å². The lowest BCUT2D eigenvalue weighted by Gasteiger charge is -2.15. The van der Waals surface area contributed by atoms with Crippen LogP contribution in [-0.2, 0) is 9.59 Å². The molecule has 0 heterocycles. The predicted molar refractivity (Wildman–Crippen MR) is 50.5 cm³/mol. The molecule has 0 bridgehead atoms. The normalized spacial score (nSPS) is 14.2. The number of carboxylic acid groups (broad SMARTS) is 2. The highest BCUT2D eigenvalue weighted by molar-refractivity contribution is 5.85. The Morgan fingerprint density at radius 1 is 1.00 bits per heavy atom. The highest BCUT2D eigenvalue weighted by Gasteiger charge is 2.33. The van der Waals surface area contributed by atoms with Crippen LogP contribution in [0, 0.1) is 0 Å². The molecule has 0 amide bonds. The van der Waals surface area contributed by atoms with Crippen molar-refractivity contribution in [1.29, 1.82) is 0 Å². The average molecular weight is 210 g/mol. The second kappa shape index (κ2) is 4.56. The summed E-state index contributed by atoms with van der Waals surface area (Å²) in [7, 11) is 0. The molecule has 0 fully saturated rings. The number of rotatable bonds is 4. The van der Waals surface area contributed by atoms with Crippen molar-refractivity contribution in [2.75, 3.05) is 0 Å². The minimum absolute atomic E-state index is 0.264. The number of aliphatic hydroxyl groups excluding tert-OH is 1. The summed E-state index contributed by atoms with van der Waals surface area (Å²) in [6.07, 6.45) is -1.94. The van der Waals surface area contributed by atoms with Gasteiger partial charge in [0, 0.05) is 0 Å². The first-order chi connectivity index (χ1) is 7.04. The molecule has 0 aliphatic carbocycles. The van der Waals surface area contributed by atoms with Gasteiger partial charge in [0.15, 0.2) is 6.10 Å². The lowest BCUT2D eigenvalue weighted by atomic mass is 9.93. The first kappa shape index (κ1) is 11.2. The lowest BCUT2D eigenvalue weighted by molar-refractivity contribution is -0.155. The van der Waals surface area contributed by atoms with Crippen molar-refractivity contribution >= 4 is 11.9 Å². The molecule has 5 heteroatoms. The second-order valence-corrected chi connectivity index (χ2v) is 3.01. The van der Waals surface area contributed by atoms with Crippen molar-refractivity contribution in [1.82, 2.24) is 0 Å². The fraction of sp³-hybridized carbons (Fsp3) is 0.200. The van der Waals surface area contributed by atoms with Crippen LogP contribution in [0.4, 0.5) is 0 Å². The van der Waals surface area contributed by atoms with Gasteiger partial charge in [-0.25, -0.2) is 4.79 Å². The van der Waals surface area contributed by atoms with Crippen LogP contribution >= 0.6 is 0 Å². The van der Waals surface area contributed by atoms with Gasteiger partial charge in [0.2, 0.25) is 0 Å². The molecular formula is C10H10O5. The summed E-state index contributed by atoms with van der Waals surface area (Å²) in [5, 5.41) is 26.6. The van der Waals surface area contributed by atoms with E-state index in [4.69, 9.17) is 10.2 Å². The number of hydrogen-bond acceptors (Lipinski definition) is 3. The summed E-state index contributed by atoms with van der Waals surface area (Å²) in [6.45, 7) is 0. The Morgan fingerprint density at radius 2 is 1.53 bits per heavy atom. The molecule has 15 heavy (non-hydrogen) atoms. The smallest absolute Gasteiger partial charge is 0.333 e. The van der Waals surface area contributed by atoms with E-state index in [1.165, 1.54) is 12.1 Å². The van der Waals surface area contributed by atoms with Crippen molar-refractivity contribution in [2.24, 2.45) is 0 Å². The Bertz CT molecular complexity index is 359.